The van der Waals surface area contributed by atoms with E-state index in [2.05, 4.69) is 62.5 Å². The SMILES string of the molecule is O=C/C(C#CCCCCC#CI)=C/c1cccc2ccccc12. The van der Waals surface area contributed by atoms with Crippen molar-refractivity contribution in [2.75, 3.05) is 0 Å². The molecule has 1 nitrogen and oxygen atoms in total. The number of rotatable bonds is 5. The van der Waals surface area contributed by atoms with Gasteiger partial charge in [0.1, 0.15) is 0 Å². The molecule has 0 aromatic heterocycles. The van der Waals surface area contributed by atoms with Crippen LogP contribution in [0.25, 0.3) is 16.8 Å². The largest absolute Gasteiger partial charge is 0.297 e. The summed E-state index contributed by atoms with van der Waals surface area (Å²) < 4.78 is 2.86. The monoisotopic (exact) mass is 412 g/mol. The molecule has 0 spiro atoms. The van der Waals surface area contributed by atoms with Crippen LogP contribution in [-0.2, 0) is 4.79 Å². The lowest BCUT2D eigenvalue weighted by Crippen LogP contribution is -1.83. The molecule has 0 saturated carbocycles. The van der Waals surface area contributed by atoms with Gasteiger partial charge in [-0.05, 0) is 39.2 Å². The summed E-state index contributed by atoms with van der Waals surface area (Å²) in [5.74, 6) is 9.09. The van der Waals surface area contributed by atoms with Crippen LogP contribution in [0.5, 0.6) is 0 Å². The van der Waals surface area contributed by atoms with Gasteiger partial charge in [0.05, 0.1) is 5.57 Å². The summed E-state index contributed by atoms with van der Waals surface area (Å²) in [6, 6.07) is 14.2. The second-order valence-corrected chi connectivity index (χ2v) is 5.61. The quantitative estimate of drug-likeness (QED) is 0.212. The third-order valence-corrected chi connectivity index (χ3v) is 3.80. The first-order chi connectivity index (χ1) is 11.3. The van der Waals surface area contributed by atoms with E-state index in [0.717, 1.165) is 48.3 Å². The van der Waals surface area contributed by atoms with Crippen molar-refractivity contribution in [3.63, 3.8) is 0 Å². The average molecular weight is 412 g/mol. The zero-order chi connectivity index (χ0) is 16.3. The van der Waals surface area contributed by atoms with Gasteiger partial charge in [-0.1, -0.05) is 60.2 Å². The second kappa shape index (κ2) is 9.87. The molecule has 0 bridgehead atoms. The molecule has 2 aromatic carbocycles. The molecule has 0 amide bonds. The van der Waals surface area contributed by atoms with Crippen LogP contribution < -0.4 is 0 Å². The molecular weight excluding hydrogens is 395 g/mol. The Balaban J connectivity index is 2.09. The molecule has 0 fully saturated rings. The highest BCUT2D eigenvalue weighted by atomic mass is 127. The van der Waals surface area contributed by atoms with E-state index in [1.807, 2.05) is 30.3 Å². The van der Waals surface area contributed by atoms with E-state index in [-0.39, 0.29) is 0 Å². The van der Waals surface area contributed by atoms with Crippen LogP contribution in [0.3, 0.4) is 0 Å². The molecule has 2 rings (SSSR count). The van der Waals surface area contributed by atoms with Crippen LogP contribution in [-0.4, -0.2) is 6.29 Å². The van der Waals surface area contributed by atoms with E-state index in [1.54, 1.807) is 0 Å². The summed E-state index contributed by atoms with van der Waals surface area (Å²) >= 11 is 2.05. The smallest absolute Gasteiger partial charge is 0.158 e. The predicted molar refractivity (Wildman–Crippen MR) is 106 cm³/mol. The number of hydrogen-bond acceptors (Lipinski definition) is 1. The van der Waals surface area contributed by atoms with Gasteiger partial charge in [-0.3, -0.25) is 4.79 Å². The molecule has 0 heterocycles. The highest BCUT2D eigenvalue weighted by Gasteiger charge is 1.98. The Morgan fingerprint density at radius 2 is 1.74 bits per heavy atom. The van der Waals surface area contributed by atoms with E-state index < -0.39 is 0 Å². The number of carbonyl (C=O) groups is 1. The third kappa shape index (κ3) is 5.58. The van der Waals surface area contributed by atoms with Gasteiger partial charge in [0.2, 0.25) is 0 Å². The molecule has 0 N–H and O–H groups in total. The van der Waals surface area contributed by atoms with Gasteiger partial charge < -0.3 is 0 Å². The van der Waals surface area contributed by atoms with Crippen LogP contribution in [0.4, 0.5) is 0 Å². The summed E-state index contributed by atoms with van der Waals surface area (Å²) in [7, 11) is 0. The Morgan fingerprint density at radius 3 is 2.52 bits per heavy atom. The number of fused-ring (bicyclic) bond motifs is 1. The number of hydrogen-bond donors (Lipinski definition) is 0. The van der Waals surface area contributed by atoms with E-state index in [4.69, 9.17) is 0 Å². The lowest BCUT2D eigenvalue weighted by molar-refractivity contribution is -0.104. The molecule has 2 aromatic rings. The second-order valence-electron chi connectivity index (χ2n) is 5.07. The Labute approximate surface area is 151 Å². The summed E-state index contributed by atoms with van der Waals surface area (Å²) in [4.78, 5) is 11.3. The molecule has 0 aliphatic rings. The van der Waals surface area contributed by atoms with Crippen LogP contribution in [0.2, 0.25) is 0 Å². The van der Waals surface area contributed by atoms with Crippen molar-refractivity contribution in [3.05, 3.63) is 53.6 Å². The van der Waals surface area contributed by atoms with Crippen LogP contribution >= 0.6 is 22.6 Å². The fourth-order valence-corrected chi connectivity index (χ4v) is 2.55. The van der Waals surface area contributed by atoms with Gasteiger partial charge in [-0.15, -0.1) is 0 Å². The fraction of sp³-hybridized carbons (Fsp3) is 0.190. The van der Waals surface area contributed by atoms with Crippen molar-refractivity contribution >= 4 is 45.7 Å². The van der Waals surface area contributed by atoms with E-state index in [1.165, 1.54) is 0 Å². The maximum Gasteiger partial charge on any atom is 0.158 e. The summed E-state index contributed by atoms with van der Waals surface area (Å²) in [5, 5.41) is 2.30. The van der Waals surface area contributed by atoms with Crippen molar-refractivity contribution in [2.24, 2.45) is 0 Å². The van der Waals surface area contributed by atoms with Gasteiger partial charge >= 0.3 is 0 Å². The number of halogens is 1. The highest BCUT2D eigenvalue weighted by molar-refractivity contribution is 14.1. The lowest BCUT2D eigenvalue weighted by Gasteiger charge is -2.01. The zero-order valence-corrected chi connectivity index (χ0v) is 15.0. The minimum Gasteiger partial charge on any atom is -0.297 e. The molecule has 114 valence electrons. The summed E-state index contributed by atoms with van der Waals surface area (Å²) in [6.45, 7) is 0. The van der Waals surface area contributed by atoms with E-state index in [9.17, 15) is 4.79 Å². The minimum absolute atomic E-state index is 0.522. The predicted octanol–water partition coefficient (Wildman–Crippen LogP) is 5.38. The fourth-order valence-electron chi connectivity index (χ4n) is 2.28. The molecule has 0 atom stereocenters. The van der Waals surface area contributed by atoms with Gasteiger partial charge in [-0.2, -0.15) is 0 Å². The molecule has 0 aliphatic carbocycles. The number of carbonyl (C=O) groups excluding carboxylic acids is 1. The van der Waals surface area contributed by atoms with Crippen molar-refractivity contribution in [3.8, 4) is 21.7 Å². The Hall–Kier alpha value is -2.04. The van der Waals surface area contributed by atoms with Crippen molar-refractivity contribution in [1.82, 2.24) is 0 Å². The minimum atomic E-state index is 0.522. The standard InChI is InChI=1S/C21H17IO/c22-15-8-4-2-1-3-5-10-18(17-23)16-20-13-9-12-19-11-6-7-14-21(19)20/h6-7,9,11-14,16-17H,1-4H2/b18-16+. The normalized spacial score (nSPS) is 10.4. The zero-order valence-electron chi connectivity index (χ0n) is 12.8. The third-order valence-electron chi connectivity index (χ3n) is 3.41. The van der Waals surface area contributed by atoms with E-state index in [0.29, 0.717) is 5.57 Å². The summed E-state index contributed by atoms with van der Waals surface area (Å²) in [6.07, 6.45) is 6.47. The first-order valence-electron chi connectivity index (χ1n) is 7.57. The van der Waals surface area contributed by atoms with Crippen molar-refractivity contribution in [2.45, 2.75) is 25.7 Å². The Bertz CT molecular complexity index is 820. The van der Waals surface area contributed by atoms with E-state index >= 15 is 0 Å². The number of allylic oxidation sites excluding steroid dienone is 1. The van der Waals surface area contributed by atoms with Gasteiger partial charge in [0, 0.05) is 35.4 Å². The molecular formula is C21H17IO. The molecule has 0 radical (unpaired) electrons. The maximum atomic E-state index is 11.3. The molecule has 2 heteroatoms. The van der Waals surface area contributed by atoms with Gasteiger partial charge in [0.15, 0.2) is 6.29 Å². The summed E-state index contributed by atoms with van der Waals surface area (Å²) in [5.41, 5.74) is 1.55. The Morgan fingerprint density at radius 1 is 1.00 bits per heavy atom. The first-order valence-corrected chi connectivity index (χ1v) is 8.65. The number of benzene rings is 2. The molecule has 23 heavy (non-hydrogen) atoms. The topological polar surface area (TPSA) is 17.1 Å². The first kappa shape index (κ1) is 17.3. The van der Waals surface area contributed by atoms with Crippen LogP contribution in [0, 0.1) is 21.7 Å². The van der Waals surface area contributed by atoms with Gasteiger partial charge in [0.25, 0.3) is 0 Å². The maximum absolute atomic E-state index is 11.3. The molecule has 0 saturated heterocycles. The van der Waals surface area contributed by atoms with Crippen molar-refractivity contribution < 1.29 is 4.79 Å². The molecule has 0 aliphatic heterocycles. The number of unbranched alkanes of at least 4 members (excludes halogenated alkanes) is 3. The number of aldehydes is 1. The van der Waals surface area contributed by atoms with Crippen LogP contribution in [0.1, 0.15) is 31.2 Å². The molecule has 0 unspecified atom stereocenters. The van der Waals surface area contributed by atoms with Crippen LogP contribution in [0.15, 0.2) is 48.0 Å². The lowest BCUT2D eigenvalue weighted by atomic mass is 10.0. The van der Waals surface area contributed by atoms with Crippen molar-refractivity contribution in [1.29, 1.82) is 0 Å². The highest BCUT2D eigenvalue weighted by Crippen LogP contribution is 2.20. The Kier molecular flexibility index (Phi) is 7.43. The average Bonchev–Trinajstić information content (AvgIpc) is 2.60. The van der Waals surface area contributed by atoms with Gasteiger partial charge in [-0.25, -0.2) is 0 Å².